The van der Waals surface area contributed by atoms with E-state index < -0.39 is 0 Å². The first-order valence-electron chi connectivity index (χ1n) is 8.58. The van der Waals surface area contributed by atoms with Crippen molar-refractivity contribution in [2.24, 2.45) is 0 Å². The van der Waals surface area contributed by atoms with Crippen LogP contribution in [0, 0.1) is 0 Å². The number of nitrogens with two attached hydrogens (primary N) is 1. The quantitative estimate of drug-likeness (QED) is 0.601. The SMILES string of the molecule is Nc1ccccc1CCC(=O)NCCCN1CCCCCC1. The van der Waals surface area contributed by atoms with Crippen LogP contribution in [0.1, 0.15) is 44.1 Å². The van der Waals surface area contributed by atoms with Crippen LogP contribution in [0.25, 0.3) is 0 Å². The number of para-hydroxylation sites is 1. The highest BCUT2D eigenvalue weighted by molar-refractivity contribution is 5.76. The van der Waals surface area contributed by atoms with Crippen molar-refractivity contribution >= 4 is 11.6 Å². The molecule has 0 atom stereocenters. The lowest BCUT2D eigenvalue weighted by Gasteiger charge is -2.19. The normalized spacial score (nSPS) is 16.2. The zero-order valence-electron chi connectivity index (χ0n) is 13.5. The lowest BCUT2D eigenvalue weighted by atomic mass is 10.1. The Kier molecular flexibility index (Phi) is 7.23. The average molecular weight is 303 g/mol. The number of carbonyl (C=O) groups excluding carboxylic acids is 1. The Morgan fingerprint density at radius 1 is 1.14 bits per heavy atom. The molecule has 0 aliphatic carbocycles. The van der Waals surface area contributed by atoms with Crippen molar-refractivity contribution in [1.82, 2.24) is 10.2 Å². The molecule has 1 saturated heterocycles. The minimum Gasteiger partial charge on any atom is -0.399 e. The molecule has 1 aromatic rings. The molecule has 1 aliphatic heterocycles. The molecular formula is C18H29N3O. The number of rotatable bonds is 7. The van der Waals surface area contributed by atoms with Crippen molar-refractivity contribution in [3.05, 3.63) is 29.8 Å². The number of anilines is 1. The van der Waals surface area contributed by atoms with Gasteiger partial charge in [-0.05, 0) is 56.9 Å². The minimum atomic E-state index is 0.124. The van der Waals surface area contributed by atoms with E-state index in [0.29, 0.717) is 12.8 Å². The maximum Gasteiger partial charge on any atom is 0.220 e. The van der Waals surface area contributed by atoms with E-state index in [-0.39, 0.29) is 5.91 Å². The van der Waals surface area contributed by atoms with Gasteiger partial charge >= 0.3 is 0 Å². The highest BCUT2D eigenvalue weighted by Crippen LogP contribution is 2.12. The average Bonchev–Trinajstić information content (AvgIpc) is 2.79. The van der Waals surface area contributed by atoms with Crippen molar-refractivity contribution in [3.8, 4) is 0 Å². The number of carbonyl (C=O) groups is 1. The summed E-state index contributed by atoms with van der Waals surface area (Å²) in [6.07, 6.45) is 7.66. The van der Waals surface area contributed by atoms with Gasteiger partial charge in [0.1, 0.15) is 0 Å². The molecule has 1 aliphatic rings. The molecule has 22 heavy (non-hydrogen) atoms. The van der Waals surface area contributed by atoms with Crippen molar-refractivity contribution in [2.75, 3.05) is 31.9 Å². The number of hydrogen-bond acceptors (Lipinski definition) is 3. The molecule has 1 heterocycles. The second-order valence-electron chi connectivity index (χ2n) is 6.16. The highest BCUT2D eigenvalue weighted by Gasteiger charge is 2.08. The van der Waals surface area contributed by atoms with Crippen LogP contribution in [0.4, 0.5) is 5.69 Å². The number of nitrogens with zero attached hydrogens (tertiary/aromatic N) is 1. The molecule has 0 unspecified atom stereocenters. The van der Waals surface area contributed by atoms with Crippen LogP contribution in [0.2, 0.25) is 0 Å². The van der Waals surface area contributed by atoms with Gasteiger partial charge in [0.15, 0.2) is 0 Å². The number of nitrogen functional groups attached to an aromatic ring is 1. The fraction of sp³-hybridized carbons (Fsp3) is 0.611. The molecular weight excluding hydrogens is 274 g/mol. The fourth-order valence-corrected chi connectivity index (χ4v) is 2.99. The lowest BCUT2D eigenvalue weighted by molar-refractivity contribution is -0.121. The van der Waals surface area contributed by atoms with Gasteiger partial charge in [0.2, 0.25) is 5.91 Å². The Morgan fingerprint density at radius 3 is 2.59 bits per heavy atom. The molecule has 3 N–H and O–H groups in total. The number of amides is 1. The van der Waals surface area contributed by atoms with Crippen molar-refractivity contribution in [3.63, 3.8) is 0 Å². The van der Waals surface area contributed by atoms with Crippen LogP contribution in [0.3, 0.4) is 0 Å². The predicted molar refractivity (Wildman–Crippen MR) is 91.7 cm³/mol. The zero-order valence-corrected chi connectivity index (χ0v) is 13.5. The van der Waals surface area contributed by atoms with E-state index in [4.69, 9.17) is 5.73 Å². The summed E-state index contributed by atoms with van der Waals surface area (Å²) in [6, 6.07) is 7.75. The van der Waals surface area contributed by atoms with Gasteiger partial charge in [0.25, 0.3) is 0 Å². The Bertz CT molecular complexity index is 453. The highest BCUT2D eigenvalue weighted by atomic mass is 16.1. The Balaban J connectivity index is 1.57. The maximum absolute atomic E-state index is 11.9. The van der Waals surface area contributed by atoms with Crippen molar-refractivity contribution in [1.29, 1.82) is 0 Å². The van der Waals surface area contributed by atoms with Crippen molar-refractivity contribution in [2.45, 2.75) is 44.9 Å². The zero-order chi connectivity index (χ0) is 15.6. The van der Waals surface area contributed by atoms with Crippen molar-refractivity contribution < 1.29 is 4.79 Å². The third kappa shape index (κ3) is 6.06. The van der Waals surface area contributed by atoms with Gasteiger partial charge in [0.05, 0.1) is 0 Å². The predicted octanol–water partition coefficient (Wildman–Crippen LogP) is 2.58. The van der Waals surface area contributed by atoms with Gasteiger partial charge in [-0.25, -0.2) is 0 Å². The number of hydrogen-bond donors (Lipinski definition) is 2. The van der Waals surface area contributed by atoms with Gasteiger partial charge in [-0.2, -0.15) is 0 Å². The molecule has 1 aromatic carbocycles. The van der Waals surface area contributed by atoms with Gasteiger partial charge < -0.3 is 16.0 Å². The largest absolute Gasteiger partial charge is 0.399 e. The first-order valence-corrected chi connectivity index (χ1v) is 8.58. The number of benzene rings is 1. The summed E-state index contributed by atoms with van der Waals surface area (Å²) in [5.74, 6) is 0.124. The molecule has 1 fully saturated rings. The molecule has 4 nitrogen and oxygen atoms in total. The topological polar surface area (TPSA) is 58.4 Å². The van der Waals surface area contributed by atoms with E-state index in [2.05, 4.69) is 10.2 Å². The van der Waals surface area contributed by atoms with Crippen LogP contribution in [0.5, 0.6) is 0 Å². The summed E-state index contributed by atoms with van der Waals surface area (Å²) >= 11 is 0. The smallest absolute Gasteiger partial charge is 0.220 e. The number of nitrogens with one attached hydrogen (secondary N) is 1. The summed E-state index contributed by atoms with van der Waals surface area (Å²) in [6.45, 7) is 4.33. The van der Waals surface area contributed by atoms with E-state index in [1.807, 2.05) is 24.3 Å². The van der Waals surface area contributed by atoms with Gasteiger partial charge in [0, 0.05) is 18.7 Å². The van der Waals surface area contributed by atoms with E-state index in [0.717, 1.165) is 30.8 Å². The minimum absolute atomic E-state index is 0.124. The lowest BCUT2D eigenvalue weighted by Crippen LogP contribution is -2.30. The molecule has 0 aromatic heterocycles. The summed E-state index contributed by atoms with van der Waals surface area (Å²) in [5.41, 5.74) is 7.72. The maximum atomic E-state index is 11.9. The molecule has 4 heteroatoms. The molecule has 2 rings (SSSR count). The standard InChI is InChI=1S/C18H29N3O/c19-17-9-4-3-8-16(17)10-11-18(22)20-12-7-15-21-13-5-1-2-6-14-21/h3-4,8-9H,1-2,5-7,10-15,19H2,(H,20,22). The van der Waals surface area contributed by atoms with Gasteiger partial charge in [-0.1, -0.05) is 31.0 Å². The van der Waals surface area contributed by atoms with E-state index in [1.165, 1.54) is 38.8 Å². The van der Waals surface area contributed by atoms with Crippen LogP contribution >= 0.6 is 0 Å². The van der Waals surface area contributed by atoms with Crippen LogP contribution in [-0.2, 0) is 11.2 Å². The van der Waals surface area contributed by atoms with E-state index in [9.17, 15) is 4.79 Å². The van der Waals surface area contributed by atoms with E-state index in [1.54, 1.807) is 0 Å². The third-order valence-electron chi connectivity index (χ3n) is 4.35. The Labute approximate surface area is 134 Å². The molecule has 0 saturated carbocycles. The van der Waals surface area contributed by atoms with Gasteiger partial charge in [-0.3, -0.25) is 4.79 Å². The second kappa shape index (κ2) is 9.46. The summed E-state index contributed by atoms with van der Waals surface area (Å²) < 4.78 is 0. The monoisotopic (exact) mass is 303 g/mol. The van der Waals surface area contributed by atoms with Crippen LogP contribution < -0.4 is 11.1 Å². The third-order valence-corrected chi connectivity index (χ3v) is 4.35. The Hall–Kier alpha value is -1.55. The molecule has 0 bridgehead atoms. The first-order chi connectivity index (χ1) is 10.8. The second-order valence-corrected chi connectivity index (χ2v) is 6.16. The molecule has 122 valence electrons. The van der Waals surface area contributed by atoms with Gasteiger partial charge in [-0.15, -0.1) is 0 Å². The van der Waals surface area contributed by atoms with E-state index >= 15 is 0 Å². The molecule has 1 amide bonds. The van der Waals surface area contributed by atoms with Crippen LogP contribution in [0.15, 0.2) is 24.3 Å². The molecule has 0 radical (unpaired) electrons. The first kappa shape index (κ1) is 16.8. The fourth-order valence-electron chi connectivity index (χ4n) is 2.99. The Morgan fingerprint density at radius 2 is 1.86 bits per heavy atom. The summed E-state index contributed by atoms with van der Waals surface area (Å²) in [4.78, 5) is 14.4. The number of aryl methyl sites for hydroxylation is 1. The van der Waals surface area contributed by atoms with Crippen LogP contribution in [-0.4, -0.2) is 37.0 Å². The summed E-state index contributed by atoms with van der Waals surface area (Å²) in [7, 11) is 0. The molecule has 0 spiro atoms. The number of likely N-dealkylation sites (tertiary alicyclic amines) is 1. The summed E-state index contributed by atoms with van der Waals surface area (Å²) in [5, 5.41) is 3.02.